The molecule has 0 aliphatic heterocycles. The molecule has 1 fully saturated rings. The highest BCUT2D eigenvalue weighted by molar-refractivity contribution is 9.10. The third-order valence-corrected chi connectivity index (χ3v) is 10.7. The molecule has 2 N–H and O–H groups in total. The van der Waals surface area contributed by atoms with Crippen molar-refractivity contribution in [2.24, 2.45) is 0 Å². The van der Waals surface area contributed by atoms with Crippen molar-refractivity contribution in [2.45, 2.75) is 57.9 Å². The maximum Gasteiger partial charge on any atom is 0.335 e. The number of nitrogens with one attached hydrogen (secondary N) is 1. The number of carboxylic acid groups (broad SMARTS) is 1. The fourth-order valence-corrected chi connectivity index (χ4v) is 7.48. The molecule has 1 amide bonds. The molecule has 0 atom stereocenters. The fourth-order valence-electron chi connectivity index (χ4n) is 5.90. The lowest BCUT2D eigenvalue weighted by atomic mass is 9.84. The summed E-state index contributed by atoms with van der Waals surface area (Å²) < 4.78 is 95.0. The van der Waals surface area contributed by atoms with Crippen LogP contribution in [0, 0.1) is 46.9 Å². The van der Waals surface area contributed by atoms with E-state index >= 15 is 8.78 Å². The molecule has 0 heterocycles. The molecule has 55 heavy (non-hydrogen) atoms. The molecule has 1 aliphatic rings. The average Bonchev–Trinajstić information content (AvgIpc) is 3.98. The molecule has 4 aromatic carbocycles. The number of benzene rings is 4. The number of hydrogen-bond donors (Lipinski definition) is 2. The quantitative estimate of drug-likeness (QED) is 0.0598. The summed E-state index contributed by atoms with van der Waals surface area (Å²) in [6, 6.07) is 15.5. The van der Waals surface area contributed by atoms with Crippen molar-refractivity contribution in [1.82, 2.24) is 0 Å². The molecule has 1 aliphatic carbocycles. The van der Waals surface area contributed by atoms with Crippen LogP contribution in [0.15, 0.2) is 59.1 Å². The Balaban J connectivity index is 1.59. The van der Waals surface area contributed by atoms with E-state index in [1.807, 2.05) is 39.0 Å². The van der Waals surface area contributed by atoms with Crippen LogP contribution in [-0.2, 0) is 33.2 Å². The highest BCUT2D eigenvalue weighted by Crippen LogP contribution is 2.42. The number of anilines is 2. The first-order chi connectivity index (χ1) is 25.8. The predicted molar refractivity (Wildman–Crippen MR) is 201 cm³/mol. The van der Waals surface area contributed by atoms with Gasteiger partial charge in [-0.2, -0.15) is 5.26 Å². The van der Waals surface area contributed by atoms with E-state index in [4.69, 9.17) is 11.2 Å². The number of terminal acetylenes is 1. The van der Waals surface area contributed by atoms with Gasteiger partial charge >= 0.3 is 5.97 Å². The van der Waals surface area contributed by atoms with Gasteiger partial charge in [-0.05, 0) is 86.6 Å². The molecule has 4 aromatic rings. The largest absolute Gasteiger partial charge is 0.479 e. The van der Waals surface area contributed by atoms with Crippen molar-refractivity contribution in [3.05, 3.63) is 121 Å². The number of aromatic carboxylic acids is 1. The lowest BCUT2D eigenvalue weighted by Crippen LogP contribution is -2.38. The predicted octanol–water partition coefficient (Wildman–Crippen LogP) is 8.33. The van der Waals surface area contributed by atoms with Crippen LogP contribution in [0.25, 0.3) is 0 Å². The highest BCUT2D eigenvalue weighted by Gasteiger charge is 2.33. The normalized spacial score (nSPS) is 12.8. The molecule has 0 saturated heterocycles. The number of ether oxygens (including phenoxy) is 1. The molecular weight excluding hydrogens is 806 g/mol. The zero-order chi connectivity index (χ0) is 40.4. The monoisotopic (exact) mass is 839 g/mol. The van der Waals surface area contributed by atoms with Gasteiger partial charge in [-0.3, -0.25) is 9.52 Å². The smallest absolute Gasteiger partial charge is 0.335 e. The van der Waals surface area contributed by atoms with Gasteiger partial charge in [-0.1, -0.05) is 57.0 Å². The maximum absolute atomic E-state index is 15.4. The van der Waals surface area contributed by atoms with Gasteiger partial charge in [0.05, 0.1) is 29.0 Å². The zero-order valence-electron chi connectivity index (χ0n) is 29.8. The molecule has 0 radical (unpaired) electrons. The van der Waals surface area contributed by atoms with Gasteiger partial charge in [0.15, 0.2) is 23.3 Å². The molecule has 5 rings (SSSR count). The van der Waals surface area contributed by atoms with Crippen molar-refractivity contribution >= 4 is 49.2 Å². The molecule has 9 nitrogen and oxygen atoms in total. The Morgan fingerprint density at radius 2 is 1.73 bits per heavy atom. The third kappa shape index (κ3) is 9.30. The Morgan fingerprint density at radius 3 is 2.35 bits per heavy atom. The molecule has 0 spiro atoms. The molecule has 15 heteroatoms. The van der Waals surface area contributed by atoms with E-state index in [9.17, 15) is 37.2 Å². The SMILES string of the molecule is C#CCOc1cc(C(=O)O)ccc1N(Cc1cc(C2CC2)cc(C(C)(C)C)c1)C(=O)CS(=O)(=O)Nc1c(F)c(F)c(F)c(F)c1Cc1cccc(Br)c1C#N. The number of nitrogens with zero attached hydrogens (tertiary/aromatic N) is 2. The van der Waals surface area contributed by atoms with Gasteiger partial charge in [-0.15, -0.1) is 6.42 Å². The van der Waals surface area contributed by atoms with Gasteiger partial charge in [0, 0.05) is 16.5 Å². The summed E-state index contributed by atoms with van der Waals surface area (Å²) in [4.78, 5) is 27.1. The van der Waals surface area contributed by atoms with E-state index in [0.29, 0.717) is 11.5 Å². The second-order valence-corrected chi connectivity index (χ2v) is 16.6. The second-order valence-electron chi connectivity index (χ2n) is 14.0. The standard InChI is InChI=1S/C40H34BrF4N3O6S/c1-5-13-54-32-18-25(39(50)51)11-12-31(32)48(20-22-14-26(23-9-10-23)16-27(15-22)40(2,3)4)33(49)21-55(52,53)47-38-28(34(42)35(43)36(44)37(38)45)17-24-7-6-8-30(41)29(24)19-46/h1,6-8,11-12,14-16,18,23,47H,9-10,13,17,20-21H2,2-4H3,(H,50,51). The van der Waals surface area contributed by atoms with E-state index in [2.05, 4.69) is 27.9 Å². The van der Waals surface area contributed by atoms with E-state index in [0.717, 1.165) is 34.9 Å². The van der Waals surface area contributed by atoms with Crippen LogP contribution in [0.2, 0.25) is 0 Å². The van der Waals surface area contributed by atoms with E-state index in [-0.39, 0.29) is 51.2 Å². The van der Waals surface area contributed by atoms with Crippen molar-refractivity contribution in [2.75, 3.05) is 22.0 Å². The fraction of sp³-hybridized carbons (Fsp3) is 0.275. The van der Waals surface area contributed by atoms with E-state index < -0.39 is 68.6 Å². The summed E-state index contributed by atoms with van der Waals surface area (Å²) in [5, 5.41) is 19.3. The number of amides is 1. The Hall–Kier alpha value is -5.38. The number of rotatable bonds is 13. The van der Waals surface area contributed by atoms with Gasteiger partial charge in [0.2, 0.25) is 15.9 Å². The minimum Gasteiger partial charge on any atom is -0.479 e. The molecule has 286 valence electrons. The van der Waals surface area contributed by atoms with Crippen molar-refractivity contribution in [3.8, 4) is 24.2 Å². The first kappa shape index (κ1) is 40.8. The summed E-state index contributed by atoms with van der Waals surface area (Å²) in [5.41, 5.74) is -0.339. The zero-order valence-corrected chi connectivity index (χ0v) is 32.2. The lowest BCUT2D eigenvalue weighted by Gasteiger charge is -2.27. The van der Waals surface area contributed by atoms with E-state index in [1.165, 1.54) is 30.3 Å². The molecule has 1 saturated carbocycles. The molecule has 0 aromatic heterocycles. The van der Waals surface area contributed by atoms with Crippen LogP contribution < -0.4 is 14.4 Å². The summed E-state index contributed by atoms with van der Waals surface area (Å²) in [6.45, 7) is 5.42. The summed E-state index contributed by atoms with van der Waals surface area (Å²) in [5.74, 6) is -10.0. The maximum atomic E-state index is 15.4. The first-order valence-corrected chi connectivity index (χ1v) is 19.2. The number of hydrogen-bond acceptors (Lipinski definition) is 6. The van der Waals surface area contributed by atoms with Crippen molar-refractivity contribution in [1.29, 1.82) is 5.26 Å². The number of sulfonamides is 1. The molecular formula is C40H34BrF4N3O6S. The summed E-state index contributed by atoms with van der Waals surface area (Å²) in [6.07, 6.45) is 6.56. The molecule has 0 unspecified atom stereocenters. The van der Waals surface area contributed by atoms with Crippen LogP contribution in [-0.4, -0.2) is 37.8 Å². The van der Waals surface area contributed by atoms with Crippen molar-refractivity contribution in [3.63, 3.8) is 0 Å². The lowest BCUT2D eigenvalue weighted by molar-refractivity contribution is -0.116. The number of carbonyl (C=O) groups excluding carboxylic acids is 1. The summed E-state index contributed by atoms with van der Waals surface area (Å²) >= 11 is 3.16. The van der Waals surface area contributed by atoms with Crippen LogP contribution in [0.4, 0.5) is 28.9 Å². The van der Waals surface area contributed by atoms with Gasteiger partial charge in [-0.25, -0.2) is 30.8 Å². The minimum absolute atomic E-state index is 0.0243. The van der Waals surface area contributed by atoms with Gasteiger partial charge in [0.1, 0.15) is 24.2 Å². The Morgan fingerprint density at radius 1 is 1.04 bits per heavy atom. The number of halogens is 5. The highest BCUT2D eigenvalue weighted by atomic mass is 79.9. The second kappa shape index (κ2) is 16.2. The van der Waals surface area contributed by atoms with Gasteiger partial charge in [0.25, 0.3) is 0 Å². The number of carbonyl (C=O) groups is 2. The third-order valence-electron chi connectivity index (χ3n) is 8.89. The number of nitriles is 1. The Bertz CT molecular complexity index is 2400. The van der Waals surface area contributed by atoms with Crippen LogP contribution in [0.3, 0.4) is 0 Å². The van der Waals surface area contributed by atoms with Crippen molar-refractivity contribution < 1.29 is 45.4 Å². The minimum atomic E-state index is -5.06. The van der Waals surface area contributed by atoms with Crippen LogP contribution >= 0.6 is 15.9 Å². The average molecular weight is 841 g/mol. The summed E-state index contributed by atoms with van der Waals surface area (Å²) in [7, 11) is -5.06. The Labute approximate surface area is 324 Å². The topological polar surface area (TPSA) is 137 Å². The van der Waals surface area contributed by atoms with Crippen LogP contribution in [0.5, 0.6) is 5.75 Å². The van der Waals surface area contributed by atoms with Crippen LogP contribution in [0.1, 0.15) is 83.3 Å². The Kier molecular flexibility index (Phi) is 12.0. The van der Waals surface area contributed by atoms with Gasteiger partial charge < -0.3 is 14.7 Å². The first-order valence-electron chi connectivity index (χ1n) is 16.8. The molecule has 0 bridgehead atoms. The van der Waals surface area contributed by atoms with E-state index in [1.54, 1.807) is 4.72 Å². The number of carboxylic acids is 1.